The molecule has 0 saturated carbocycles. The van der Waals surface area contributed by atoms with E-state index >= 15 is 0 Å². The van der Waals surface area contributed by atoms with Gasteiger partial charge in [-0.3, -0.25) is 15.0 Å². The van der Waals surface area contributed by atoms with E-state index in [0.29, 0.717) is 11.4 Å². The molecule has 0 radical (unpaired) electrons. The minimum absolute atomic E-state index is 0.330. The topological polar surface area (TPSA) is 105 Å². The molecule has 1 rings (SSSR count). The molecule has 0 bridgehead atoms. The number of nitrogens with one attached hydrogen (secondary N) is 1. The highest BCUT2D eigenvalue weighted by Gasteiger charge is 2.25. The van der Waals surface area contributed by atoms with Crippen LogP contribution in [0.4, 0.5) is 21.0 Å². The van der Waals surface area contributed by atoms with Gasteiger partial charge in [-0.2, -0.15) is 0 Å². The summed E-state index contributed by atoms with van der Waals surface area (Å²) in [6, 6.07) is 6.11. The fourth-order valence-electron chi connectivity index (χ4n) is 1.86. The molecule has 0 unspecified atom stereocenters. The monoisotopic (exact) mass is 366 g/mol. The van der Waals surface area contributed by atoms with Gasteiger partial charge in [-0.15, -0.1) is 0 Å². The lowest BCUT2D eigenvalue weighted by atomic mass is 10.2. The van der Waals surface area contributed by atoms with Crippen molar-refractivity contribution in [2.75, 3.05) is 16.8 Å². The van der Waals surface area contributed by atoms with Crippen LogP contribution in [0.25, 0.3) is 0 Å². The van der Waals surface area contributed by atoms with Crippen molar-refractivity contribution in [2.45, 2.75) is 52.7 Å². The van der Waals surface area contributed by atoms with Gasteiger partial charge in [-0.25, -0.2) is 9.59 Å². The number of carbonyl (C=O) groups is 3. The van der Waals surface area contributed by atoms with Crippen molar-refractivity contribution in [3.8, 4) is 0 Å². The third-order valence-corrected chi connectivity index (χ3v) is 2.73. The Labute approximate surface area is 153 Å². The lowest BCUT2D eigenvalue weighted by Gasteiger charge is -2.26. The molecule has 0 atom stereocenters. The van der Waals surface area contributed by atoms with Crippen molar-refractivity contribution in [1.29, 1.82) is 0 Å². The molecule has 144 valence electrons. The van der Waals surface area contributed by atoms with Crippen LogP contribution in [0.3, 0.4) is 0 Å². The summed E-state index contributed by atoms with van der Waals surface area (Å²) in [7, 11) is 0. The van der Waals surface area contributed by atoms with Gasteiger partial charge in [0.1, 0.15) is 17.7 Å². The first kappa shape index (κ1) is 21.3. The summed E-state index contributed by atoms with van der Waals surface area (Å²) in [4.78, 5) is 36.1. The number of carbonyl (C=O) groups excluding carboxylic acids is 2. The number of rotatable bonds is 4. The summed E-state index contributed by atoms with van der Waals surface area (Å²) in [5.74, 6) is -1.17. The maximum atomic E-state index is 12.3. The molecule has 0 heterocycles. The molecule has 0 fully saturated rings. The molecule has 8 heteroatoms. The zero-order valence-electron chi connectivity index (χ0n) is 16.0. The molecule has 2 N–H and O–H groups in total. The van der Waals surface area contributed by atoms with E-state index in [4.69, 9.17) is 14.6 Å². The Hall–Kier alpha value is -2.77. The van der Waals surface area contributed by atoms with Crippen LogP contribution < -0.4 is 10.2 Å². The molecule has 0 aliphatic heterocycles. The molecule has 26 heavy (non-hydrogen) atoms. The van der Waals surface area contributed by atoms with Gasteiger partial charge in [0.15, 0.2) is 0 Å². The maximum Gasteiger partial charge on any atom is 0.415 e. The number of aliphatic carboxylic acids is 1. The molecule has 1 aromatic carbocycles. The third-order valence-electron chi connectivity index (χ3n) is 2.73. The van der Waals surface area contributed by atoms with Gasteiger partial charge < -0.3 is 14.6 Å². The fourth-order valence-corrected chi connectivity index (χ4v) is 1.86. The third kappa shape index (κ3) is 7.87. The van der Waals surface area contributed by atoms with Gasteiger partial charge in [0.25, 0.3) is 0 Å². The first-order valence-electron chi connectivity index (χ1n) is 8.09. The van der Waals surface area contributed by atoms with Gasteiger partial charge in [0.2, 0.25) is 0 Å². The minimum atomic E-state index is -1.17. The van der Waals surface area contributed by atoms with Crippen LogP contribution in [-0.4, -0.2) is 41.0 Å². The number of nitrogens with zero attached hydrogens (tertiary/aromatic N) is 1. The zero-order chi connectivity index (χ0) is 20.1. The standard InChI is InChI=1S/C18H26N2O6/c1-17(2,3)25-15(23)19-12-7-9-13(10-8-12)20(11-14(21)22)16(24)26-18(4,5)6/h7-10H,11H2,1-6H3,(H,19,23)(H,21,22). The Bertz CT molecular complexity index is 656. The van der Waals surface area contributed by atoms with E-state index in [0.717, 1.165) is 4.90 Å². The Morgan fingerprint density at radius 3 is 1.88 bits per heavy atom. The molecule has 0 aliphatic rings. The Morgan fingerprint density at radius 2 is 1.46 bits per heavy atom. The van der Waals surface area contributed by atoms with E-state index in [1.54, 1.807) is 53.7 Å². The molecule has 0 aromatic heterocycles. The van der Waals surface area contributed by atoms with E-state index in [1.165, 1.54) is 12.1 Å². The number of carboxylic acid groups (broad SMARTS) is 1. The van der Waals surface area contributed by atoms with Crippen molar-refractivity contribution < 1.29 is 29.0 Å². The quantitative estimate of drug-likeness (QED) is 0.838. The molecule has 2 amide bonds. The van der Waals surface area contributed by atoms with E-state index < -0.39 is 35.9 Å². The van der Waals surface area contributed by atoms with Crippen LogP contribution in [0.5, 0.6) is 0 Å². The number of carboxylic acids is 1. The van der Waals surface area contributed by atoms with Crippen LogP contribution in [0.1, 0.15) is 41.5 Å². The molecule has 1 aromatic rings. The second-order valence-electron chi connectivity index (χ2n) is 7.63. The number of hydrogen-bond donors (Lipinski definition) is 2. The number of amides is 2. The summed E-state index contributed by atoms with van der Waals surface area (Å²) >= 11 is 0. The largest absolute Gasteiger partial charge is 0.480 e. The summed E-state index contributed by atoms with van der Waals surface area (Å²) in [5.41, 5.74) is -0.607. The molecular formula is C18H26N2O6. The van der Waals surface area contributed by atoms with Crippen LogP contribution >= 0.6 is 0 Å². The predicted molar refractivity (Wildman–Crippen MR) is 97.5 cm³/mol. The van der Waals surface area contributed by atoms with Crippen LogP contribution in [0.15, 0.2) is 24.3 Å². The Balaban J connectivity index is 2.91. The van der Waals surface area contributed by atoms with Gasteiger partial charge in [0.05, 0.1) is 0 Å². The minimum Gasteiger partial charge on any atom is -0.480 e. The molecule has 0 saturated heterocycles. The zero-order valence-corrected chi connectivity index (χ0v) is 16.0. The van der Waals surface area contributed by atoms with Gasteiger partial charge in [-0.1, -0.05) is 0 Å². The summed E-state index contributed by atoms with van der Waals surface area (Å²) in [6.45, 7) is 9.78. The van der Waals surface area contributed by atoms with E-state index in [-0.39, 0.29) is 0 Å². The van der Waals surface area contributed by atoms with Crippen molar-refractivity contribution in [3.63, 3.8) is 0 Å². The second kappa shape index (κ2) is 8.07. The highest BCUT2D eigenvalue weighted by Crippen LogP contribution is 2.21. The Morgan fingerprint density at radius 1 is 0.962 bits per heavy atom. The SMILES string of the molecule is CC(C)(C)OC(=O)Nc1ccc(N(CC(=O)O)C(=O)OC(C)(C)C)cc1. The molecular weight excluding hydrogens is 340 g/mol. The highest BCUT2D eigenvalue weighted by molar-refractivity contribution is 5.93. The second-order valence-corrected chi connectivity index (χ2v) is 7.63. The van der Waals surface area contributed by atoms with E-state index in [1.807, 2.05) is 0 Å². The predicted octanol–water partition coefficient (Wildman–Crippen LogP) is 3.86. The Kier molecular flexibility index (Phi) is 6.60. The van der Waals surface area contributed by atoms with Gasteiger partial charge >= 0.3 is 18.2 Å². The maximum absolute atomic E-state index is 12.3. The average molecular weight is 366 g/mol. The van der Waals surface area contributed by atoms with Gasteiger partial charge in [0, 0.05) is 11.4 Å². The van der Waals surface area contributed by atoms with Crippen LogP contribution in [0.2, 0.25) is 0 Å². The molecule has 0 aliphatic carbocycles. The first-order valence-corrected chi connectivity index (χ1v) is 8.09. The lowest BCUT2D eigenvalue weighted by molar-refractivity contribution is -0.135. The van der Waals surface area contributed by atoms with E-state index in [9.17, 15) is 14.4 Å². The van der Waals surface area contributed by atoms with Crippen molar-refractivity contribution in [1.82, 2.24) is 0 Å². The number of ether oxygens (including phenoxy) is 2. The van der Waals surface area contributed by atoms with Crippen molar-refractivity contribution in [2.24, 2.45) is 0 Å². The van der Waals surface area contributed by atoms with Crippen LogP contribution in [-0.2, 0) is 14.3 Å². The highest BCUT2D eigenvalue weighted by atomic mass is 16.6. The summed E-state index contributed by atoms with van der Waals surface area (Å²) < 4.78 is 10.4. The number of hydrogen-bond acceptors (Lipinski definition) is 5. The summed E-state index contributed by atoms with van der Waals surface area (Å²) in [5, 5.41) is 11.6. The van der Waals surface area contributed by atoms with Crippen molar-refractivity contribution in [3.05, 3.63) is 24.3 Å². The smallest absolute Gasteiger partial charge is 0.415 e. The number of anilines is 2. The molecule has 8 nitrogen and oxygen atoms in total. The molecule has 0 spiro atoms. The lowest BCUT2D eigenvalue weighted by Crippen LogP contribution is -2.40. The normalized spacial score (nSPS) is 11.5. The van der Waals surface area contributed by atoms with E-state index in [2.05, 4.69) is 5.32 Å². The van der Waals surface area contributed by atoms with Crippen molar-refractivity contribution >= 4 is 29.5 Å². The van der Waals surface area contributed by atoms with Crippen LogP contribution in [0, 0.1) is 0 Å². The number of benzene rings is 1. The average Bonchev–Trinajstić information content (AvgIpc) is 2.41. The fraction of sp³-hybridized carbons (Fsp3) is 0.500. The summed E-state index contributed by atoms with van der Waals surface area (Å²) in [6.07, 6.45) is -1.38. The van der Waals surface area contributed by atoms with Gasteiger partial charge in [-0.05, 0) is 65.8 Å². The first-order chi connectivity index (χ1) is 11.8.